The van der Waals surface area contributed by atoms with E-state index in [9.17, 15) is 14.9 Å². The minimum Gasteiger partial charge on any atom is -0.457 e. The zero-order valence-electron chi connectivity index (χ0n) is 12.9. The number of carbonyl (C=O) groups excluding carboxylic acids is 1. The molecule has 0 atom stereocenters. The molecular formula is C17H16N2O5. The third kappa shape index (κ3) is 3.69. The van der Waals surface area contributed by atoms with Crippen LogP contribution in [0.1, 0.15) is 5.76 Å². The Kier molecular flexibility index (Phi) is 4.72. The van der Waals surface area contributed by atoms with Crippen LogP contribution in [0.5, 0.6) is 0 Å². The van der Waals surface area contributed by atoms with E-state index in [1.54, 1.807) is 35.2 Å². The van der Waals surface area contributed by atoms with Crippen LogP contribution in [-0.2, 0) is 9.53 Å². The molecule has 124 valence electrons. The number of furan rings is 1. The van der Waals surface area contributed by atoms with Crippen molar-refractivity contribution >= 4 is 17.7 Å². The highest BCUT2D eigenvalue weighted by atomic mass is 16.6. The van der Waals surface area contributed by atoms with E-state index in [2.05, 4.69) is 0 Å². The van der Waals surface area contributed by atoms with Gasteiger partial charge in [0.2, 0.25) is 5.91 Å². The molecule has 3 rings (SSSR count). The van der Waals surface area contributed by atoms with Crippen LogP contribution in [0.3, 0.4) is 0 Å². The van der Waals surface area contributed by atoms with Crippen molar-refractivity contribution in [2.45, 2.75) is 0 Å². The van der Waals surface area contributed by atoms with Crippen molar-refractivity contribution in [2.24, 2.45) is 0 Å². The fourth-order valence-corrected chi connectivity index (χ4v) is 2.41. The van der Waals surface area contributed by atoms with Gasteiger partial charge in [0, 0.05) is 36.9 Å². The molecule has 0 aliphatic carbocycles. The Morgan fingerprint density at radius 2 is 2.00 bits per heavy atom. The van der Waals surface area contributed by atoms with Crippen molar-refractivity contribution in [3.8, 4) is 11.3 Å². The lowest BCUT2D eigenvalue weighted by Crippen LogP contribution is -2.39. The van der Waals surface area contributed by atoms with E-state index in [-0.39, 0.29) is 11.6 Å². The second-order valence-corrected chi connectivity index (χ2v) is 5.28. The minimum atomic E-state index is -0.450. The van der Waals surface area contributed by atoms with Crippen LogP contribution in [-0.4, -0.2) is 42.0 Å². The smallest absolute Gasteiger partial charge is 0.270 e. The summed E-state index contributed by atoms with van der Waals surface area (Å²) >= 11 is 0. The number of benzene rings is 1. The third-order valence-corrected chi connectivity index (χ3v) is 3.68. The zero-order chi connectivity index (χ0) is 16.9. The number of rotatable bonds is 4. The van der Waals surface area contributed by atoms with Gasteiger partial charge in [0.1, 0.15) is 11.5 Å². The first-order valence-corrected chi connectivity index (χ1v) is 7.53. The van der Waals surface area contributed by atoms with Gasteiger partial charge in [0.25, 0.3) is 5.69 Å². The summed E-state index contributed by atoms with van der Waals surface area (Å²) in [6.45, 7) is 2.27. The third-order valence-electron chi connectivity index (χ3n) is 3.68. The molecular weight excluding hydrogens is 312 g/mol. The second-order valence-electron chi connectivity index (χ2n) is 5.28. The van der Waals surface area contributed by atoms with Crippen LogP contribution in [0.15, 0.2) is 46.9 Å². The molecule has 24 heavy (non-hydrogen) atoms. The first kappa shape index (κ1) is 15.9. The van der Waals surface area contributed by atoms with Crippen molar-refractivity contribution in [1.29, 1.82) is 0 Å². The van der Waals surface area contributed by atoms with Crippen LogP contribution in [0.2, 0.25) is 0 Å². The number of carbonyl (C=O) groups is 1. The molecule has 2 aromatic rings. The predicted molar refractivity (Wildman–Crippen MR) is 87.2 cm³/mol. The van der Waals surface area contributed by atoms with Gasteiger partial charge in [-0.2, -0.15) is 0 Å². The summed E-state index contributed by atoms with van der Waals surface area (Å²) in [5.74, 6) is 0.932. The Hall–Kier alpha value is -2.93. The van der Waals surface area contributed by atoms with Crippen LogP contribution in [0.25, 0.3) is 17.4 Å². The SMILES string of the molecule is O=C(/C=C\c1ccc(-c2cccc([N+](=O)[O-])c2)o1)N1CCOCC1. The van der Waals surface area contributed by atoms with Crippen molar-refractivity contribution in [3.63, 3.8) is 0 Å². The van der Waals surface area contributed by atoms with E-state index in [1.807, 2.05) is 0 Å². The molecule has 1 saturated heterocycles. The van der Waals surface area contributed by atoms with E-state index in [0.717, 1.165) is 0 Å². The Labute approximate surface area is 138 Å². The maximum atomic E-state index is 12.0. The van der Waals surface area contributed by atoms with E-state index in [4.69, 9.17) is 9.15 Å². The first-order valence-electron chi connectivity index (χ1n) is 7.53. The standard InChI is InChI=1S/C17H16N2O5/c20-17(18-8-10-23-11-9-18)7-5-15-4-6-16(24-15)13-2-1-3-14(12-13)19(21)22/h1-7,12H,8-11H2/b7-5-. The lowest BCUT2D eigenvalue weighted by molar-refractivity contribution is -0.384. The van der Waals surface area contributed by atoms with Gasteiger partial charge in [-0.1, -0.05) is 12.1 Å². The Balaban J connectivity index is 1.71. The number of nitrogens with zero attached hydrogens (tertiary/aromatic N) is 2. The molecule has 0 spiro atoms. The van der Waals surface area contributed by atoms with Crippen LogP contribution >= 0.6 is 0 Å². The van der Waals surface area contributed by atoms with E-state index >= 15 is 0 Å². The fourth-order valence-electron chi connectivity index (χ4n) is 2.41. The summed E-state index contributed by atoms with van der Waals surface area (Å²) in [5, 5.41) is 10.8. The molecule has 1 aliphatic heterocycles. The highest BCUT2D eigenvalue weighted by molar-refractivity contribution is 5.91. The molecule has 2 heterocycles. The van der Waals surface area contributed by atoms with Crippen molar-refractivity contribution < 1.29 is 18.9 Å². The summed E-state index contributed by atoms with van der Waals surface area (Å²) in [6.07, 6.45) is 3.06. The molecule has 7 heteroatoms. The maximum Gasteiger partial charge on any atom is 0.270 e. The van der Waals surface area contributed by atoms with Gasteiger partial charge < -0.3 is 14.1 Å². The fraction of sp³-hybridized carbons (Fsp3) is 0.235. The number of hydrogen-bond acceptors (Lipinski definition) is 5. The summed E-state index contributed by atoms with van der Waals surface area (Å²) in [5.41, 5.74) is 0.617. The molecule has 1 aliphatic rings. The van der Waals surface area contributed by atoms with Gasteiger partial charge in [0.15, 0.2) is 0 Å². The number of morpholine rings is 1. The molecule has 0 unspecified atom stereocenters. The lowest BCUT2D eigenvalue weighted by atomic mass is 10.1. The summed E-state index contributed by atoms with van der Waals surface area (Å²) in [4.78, 5) is 24.1. The Bertz CT molecular complexity index is 775. The Morgan fingerprint density at radius 1 is 1.21 bits per heavy atom. The predicted octanol–water partition coefficient (Wildman–Crippen LogP) is 2.73. The number of nitro groups is 1. The van der Waals surface area contributed by atoms with Crippen molar-refractivity contribution in [3.05, 3.63) is 58.3 Å². The molecule has 0 saturated carbocycles. The quantitative estimate of drug-likeness (QED) is 0.489. The minimum absolute atomic E-state index is 0.00323. The van der Waals surface area contributed by atoms with Gasteiger partial charge in [0.05, 0.1) is 18.1 Å². The number of non-ortho nitro benzene ring substituents is 1. The molecule has 1 aromatic heterocycles. The Morgan fingerprint density at radius 3 is 2.75 bits per heavy atom. The maximum absolute atomic E-state index is 12.0. The van der Waals surface area contributed by atoms with Gasteiger partial charge in [-0.25, -0.2) is 0 Å². The molecule has 1 amide bonds. The average Bonchev–Trinajstić information content (AvgIpc) is 3.09. The number of amides is 1. The topological polar surface area (TPSA) is 85.8 Å². The second kappa shape index (κ2) is 7.10. The van der Waals surface area contributed by atoms with Gasteiger partial charge in [-0.05, 0) is 18.2 Å². The highest BCUT2D eigenvalue weighted by Crippen LogP contribution is 2.26. The summed E-state index contributed by atoms with van der Waals surface area (Å²) in [6, 6.07) is 9.65. The first-order chi connectivity index (χ1) is 11.6. The normalized spacial score (nSPS) is 14.9. The van der Waals surface area contributed by atoms with Gasteiger partial charge >= 0.3 is 0 Å². The molecule has 1 fully saturated rings. The lowest BCUT2D eigenvalue weighted by Gasteiger charge is -2.25. The monoisotopic (exact) mass is 328 g/mol. The van der Waals surface area contributed by atoms with E-state index in [1.165, 1.54) is 18.2 Å². The van der Waals surface area contributed by atoms with Crippen LogP contribution in [0, 0.1) is 10.1 Å². The molecule has 0 bridgehead atoms. The number of nitro benzene ring substituents is 1. The number of hydrogen-bond donors (Lipinski definition) is 0. The number of ether oxygens (including phenoxy) is 1. The summed E-state index contributed by atoms with van der Waals surface area (Å²) in [7, 11) is 0. The molecule has 1 aromatic carbocycles. The molecule has 7 nitrogen and oxygen atoms in total. The highest BCUT2D eigenvalue weighted by Gasteiger charge is 2.14. The van der Waals surface area contributed by atoms with Gasteiger partial charge in [-0.15, -0.1) is 0 Å². The van der Waals surface area contributed by atoms with Crippen molar-refractivity contribution in [2.75, 3.05) is 26.3 Å². The molecule has 0 radical (unpaired) electrons. The van der Waals surface area contributed by atoms with E-state index < -0.39 is 4.92 Å². The van der Waals surface area contributed by atoms with E-state index in [0.29, 0.717) is 43.4 Å². The molecule has 0 N–H and O–H groups in total. The average molecular weight is 328 g/mol. The van der Waals surface area contributed by atoms with Crippen molar-refractivity contribution in [1.82, 2.24) is 4.90 Å². The largest absolute Gasteiger partial charge is 0.457 e. The van der Waals surface area contributed by atoms with Gasteiger partial charge in [-0.3, -0.25) is 14.9 Å². The zero-order valence-corrected chi connectivity index (χ0v) is 12.9. The van der Waals surface area contributed by atoms with Crippen LogP contribution < -0.4 is 0 Å². The summed E-state index contributed by atoms with van der Waals surface area (Å²) < 4.78 is 10.8. The van der Waals surface area contributed by atoms with Crippen LogP contribution in [0.4, 0.5) is 5.69 Å².